The summed E-state index contributed by atoms with van der Waals surface area (Å²) in [6.45, 7) is 3.53. The Morgan fingerprint density at radius 2 is 1.94 bits per heavy atom. The standard InChI is InChI=1S/C27H30FN3O4S/c1-3-4-14-35-20-9-11-23(30-17-20)24(32)16-19-8-10-22(28)21(15-19)26(2)18-36(33,34)27(25(29)31-26)12-6-5-7-13-27/h8-11,15,17H,5-7,12-14,16,18H2,1-2H3,(H2,29,31)/t26-/m0/s1. The van der Waals surface area contributed by atoms with Crippen LogP contribution in [0.25, 0.3) is 0 Å². The van der Waals surface area contributed by atoms with Crippen molar-refractivity contribution in [2.24, 2.45) is 10.7 Å². The molecule has 1 aromatic heterocycles. The number of aliphatic imine (C=N–C) groups is 1. The van der Waals surface area contributed by atoms with E-state index in [-0.39, 0.29) is 41.7 Å². The number of rotatable bonds is 6. The van der Waals surface area contributed by atoms with Crippen molar-refractivity contribution in [3.63, 3.8) is 0 Å². The molecule has 1 fully saturated rings. The Kier molecular flexibility index (Phi) is 7.19. The average Bonchev–Trinajstić information content (AvgIpc) is 2.85. The van der Waals surface area contributed by atoms with Crippen LogP contribution in [0.4, 0.5) is 4.39 Å². The number of halogens is 1. The second-order valence-corrected chi connectivity index (χ2v) is 11.9. The van der Waals surface area contributed by atoms with Crippen LogP contribution in [-0.2, 0) is 21.8 Å². The molecule has 2 aromatic rings. The maximum Gasteiger partial charge on any atom is 0.185 e. The Hall–Kier alpha value is -3.25. The highest BCUT2D eigenvalue weighted by molar-refractivity contribution is 7.93. The van der Waals surface area contributed by atoms with Gasteiger partial charge in [-0.15, -0.1) is 5.92 Å². The van der Waals surface area contributed by atoms with Gasteiger partial charge in [0.1, 0.15) is 40.0 Å². The van der Waals surface area contributed by atoms with Crippen LogP contribution in [0.5, 0.6) is 5.75 Å². The van der Waals surface area contributed by atoms with E-state index in [2.05, 4.69) is 21.8 Å². The van der Waals surface area contributed by atoms with Gasteiger partial charge in [-0.2, -0.15) is 0 Å². The van der Waals surface area contributed by atoms with E-state index in [1.54, 1.807) is 26.0 Å². The highest BCUT2D eigenvalue weighted by atomic mass is 32.2. The van der Waals surface area contributed by atoms with Crippen LogP contribution in [-0.4, -0.2) is 42.1 Å². The van der Waals surface area contributed by atoms with Gasteiger partial charge in [0.15, 0.2) is 15.6 Å². The summed E-state index contributed by atoms with van der Waals surface area (Å²) >= 11 is 0. The molecule has 0 bridgehead atoms. The van der Waals surface area contributed by atoms with E-state index in [9.17, 15) is 13.2 Å². The Bertz CT molecular complexity index is 1350. The summed E-state index contributed by atoms with van der Waals surface area (Å²) in [7, 11) is -3.68. The predicted octanol–water partition coefficient (Wildman–Crippen LogP) is 3.75. The van der Waals surface area contributed by atoms with E-state index in [4.69, 9.17) is 10.5 Å². The molecular weight excluding hydrogens is 481 g/mol. The Balaban J connectivity index is 1.58. The van der Waals surface area contributed by atoms with Crippen molar-refractivity contribution in [2.45, 2.75) is 62.7 Å². The molecule has 2 aliphatic rings. The van der Waals surface area contributed by atoms with E-state index < -0.39 is 25.9 Å². The van der Waals surface area contributed by atoms with Crippen LogP contribution in [0.15, 0.2) is 41.5 Å². The van der Waals surface area contributed by atoms with Gasteiger partial charge in [0, 0.05) is 12.0 Å². The number of ketones is 1. The van der Waals surface area contributed by atoms with E-state index in [0.29, 0.717) is 24.2 Å². The van der Waals surface area contributed by atoms with Crippen LogP contribution in [0.1, 0.15) is 67.6 Å². The first-order valence-electron chi connectivity index (χ1n) is 12.0. The quantitative estimate of drug-likeness (QED) is 0.467. The maximum absolute atomic E-state index is 15.0. The topological polar surface area (TPSA) is 112 Å². The van der Waals surface area contributed by atoms with Crippen LogP contribution < -0.4 is 10.5 Å². The van der Waals surface area contributed by atoms with Crippen molar-refractivity contribution >= 4 is 21.5 Å². The summed E-state index contributed by atoms with van der Waals surface area (Å²) < 4.78 is 46.2. The van der Waals surface area contributed by atoms with Gasteiger partial charge in [0.25, 0.3) is 0 Å². The molecule has 0 amide bonds. The Labute approximate surface area is 211 Å². The minimum atomic E-state index is -3.68. The van der Waals surface area contributed by atoms with Gasteiger partial charge in [-0.25, -0.2) is 17.8 Å². The third-order valence-corrected chi connectivity index (χ3v) is 9.80. The molecule has 36 heavy (non-hydrogen) atoms. The van der Waals surface area contributed by atoms with Crippen molar-refractivity contribution < 1.29 is 22.3 Å². The molecule has 2 N–H and O–H groups in total. The average molecular weight is 512 g/mol. The number of benzene rings is 1. The SMILES string of the molecule is CC#CCOc1ccc(C(=O)Cc2ccc(F)c([C@]3(C)CS(=O)(=O)C4(CCCCC4)C(N)=N3)c2)nc1. The Morgan fingerprint density at radius 1 is 1.19 bits per heavy atom. The molecule has 4 rings (SSSR count). The number of carbonyl (C=O) groups is 1. The van der Waals surface area contributed by atoms with Gasteiger partial charge < -0.3 is 10.5 Å². The van der Waals surface area contributed by atoms with E-state index in [1.165, 1.54) is 24.4 Å². The van der Waals surface area contributed by atoms with Crippen LogP contribution in [0, 0.1) is 17.7 Å². The van der Waals surface area contributed by atoms with Crippen molar-refractivity contribution in [1.82, 2.24) is 4.98 Å². The summed E-state index contributed by atoms with van der Waals surface area (Å²) in [4.78, 5) is 21.6. The van der Waals surface area contributed by atoms with Crippen molar-refractivity contribution in [2.75, 3.05) is 12.4 Å². The fraction of sp³-hybridized carbons (Fsp3) is 0.444. The maximum atomic E-state index is 15.0. The zero-order valence-corrected chi connectivity index (χ0v) is 21.3. The minimum Gasteiger partial charge on any atom is -0.479 e. The lowest BCUT2D eigenvalue weighted by atomic mass is 9.85. The second kappa shape index (κ2) is 10.0. The molecule has 0 saturated heterocycles. The lowest BCUT2D eigenvalue weighted by Gasteiger charge is -2.43. The second-order valence-electron chi connectivity index (χ2n) is 9.59. The number of amidine groups is 1. The third-order valence-electron chi connectivity index (χ3n) is 7.05. The molecule has 1 saturated carbocycles. The smallest absolute Gasteiger partial charge is 0.185 e. The summed E-state index contributed by atoms with van der Waals surface area (Å²) in [5, 5.41) is 0. The fourth-order valence-electron chi connectivity index (χ4n) is 5.09. The number of hydrogen-bond donors (Lipinski definition) is 1. The van der Waals surface area contributed by atoms with E-state index >= 15 is 4.39 Å². The van der Waals surface area contributed by atoms with Gasteiger partial charge in [0.05, 0.1) is 11.9 Å². The number of hydrogen-bond acceptors (Lipinski definition) is 7. The molecular formula is C27H30FN3O4S. The van der Waals surface area contributed by atoms with Gasteiger partial charge in [-0.1, -0.05) is 31.2 Å². The highest BCUT2D eigenvalue weighted by Crippen LogP contribution is 2.44. The zero-order valence-electron chi connectivity index (χ0n) is 20.5. The first-order chi connectivity index (χ1) is 17.1. The molecule has 0 unspecified atom stereocenters. The molecule has 0 radical (unpaired) electrons. The predicted molar refractivity (Wildman–Crippen MR) is 136 cm³/mol. The normalized spacial score (nSPS) is 22.2. The number of carbonyl (C=O) groups excluding carboxylic acids is 1. The first kappa shape index (κ1) is 25.8. The largest absolute Gasteiger partial charge is 0.479 e. The first-order valence-corrected chi connectivity index (χ1v) is 13.6. The van der Waals surface area contributed by atoms with Gasteiger partial charge in [-0.05, 0) is 56.5 Å². The minimum absolute atomic E-state index is 0.0340. The van der Waals surface area contributed by atoms with Crippen molar-refractivity contribution in [1.29, 1.82) is 0 Å². The summed E-state index contributed by atoms with van der Waals surface area (Å²) in [5.41, 5.74) is 5.79. The van der Waals surface area contributed by atoms with Crippen LogP contribution >= 0.6 is 0 Å². The van der Waals surface area contributed by atoms with E-state index in [1.807, 2.05) is 0 Å². The molecule has 2 heterocycles. The lowest BCUT2D eigenvalue weighted by Crippen LogP contribution is -2.59. The molecule has 1 aliphatic carbocycles. The number of nitrogens with two attached hydrogens (primary N) is 1. The van der Waals surface area contributed by atoms with E-state index in [0.717, 1.165) is 19.3 Å². The number of sulfone groups is 1. The summed E-state index contributed by atoms with van der Waals surface area (Å²) in [5.74, 6) is 4.88. The van der Waals surface area contributed by atoms with Crippen molar-refractivity contribution in [3.05, 3.63) is 59.2 Å². The molecule has 1 spiro atoms. The number of aromatic nitrogens is 1. The molecule has 9 heteroatoms. The van der Waals surface area contributed by atoms with Gasteiger partial charge in [-0.3, -0.25) is 9.79 Å². The summed E-state index contributed by atoms with van der Waals surface area (Å²) in [6, 6.07) is 7.46. The van der Waals surface area contributed by atoms with Crippen LogP contribution in [0.2, 0.25) is 0 Å². The molecule has 1 aliphatic heterocycles. The van der Waals surface area contributed by atoms with Crippen molar-refractivity contribution in [3.8, 4) is 17.6 Å². The van der Waals surface area contributed by atoms with Gasteiger partial charge >= 0.3 is 0 Å². The summed E-state index contributed by atoms with van der Waals surface area (Å²) in [6.07, 6.45) is 4.81. The number of Topliss-reactive ketones (excluding diaryl/α,β-unsaturated/α-hetero) is 1. The van der Waals surface area contributed by atoms with Crippen LogP contribution in [0.3, 0.4) is 0 Å². The number of pyridine rings is 1. The van der Waals surface area contributed by atoms with Gasteiger partial charge in [0.2, 0.25) is 0 Å². The number of ether oxygens (including phenoxy) is 1. The fourth-order valence-corrected chi connectivity index (χ4v) is 7.60. The number of nitrogens with zero attached hydrogens (tertiary/aromatic N) is 2. The molecule has 190 valence electrons. The monoisotopic (exact) mass is 511 g/mol. The third kappa shape index (κ3) is 4.87. The highest BCUT2D eigenvalue weighted by Gasteiger charge is 2.55. The molecule has 7 nitrogen and oxygen atoms in total. The lowest BCUT2D eigenvalue weighted by molar-refractivity contribution is 0.0988. The Morgan fingerprint density at radius 3 is 2.58 bits per heavy atom. The zero-order chi connectivity index (χ0) is 26.0. The molecule has 1 atom stereocenters. The molecule has 1 aromatic carbocycles.